The smallest absolute Gasteiger partial charge is 0.165 e. The van der Waals surface area contributed by atoms with Crippen LogP contribution < -0.4 is 5.32 Å². The average Bonchev–Trinajstić information content (AvgIpc) is 3.58. The van der Waals surface area contributed by atoms with Gasteiger partial charge >= 0.3 is 0 Å². The van der Waals surface area contributed by atoms with Crippen LogP contribution in [0.15, 0.2) is 184 Å². The lowest BCUT2D eigenvalue weighted by molar-refractivity contribution is 0.670. The molecule has 1 N–H and O–H groups in total. The second-order valence-electron chi connectivity index (χ2n) is 12.2. The maximum Gasteiger partial charge on any atom is 0.165 e. The second-order valence-corrected chi connectivity index (χ2v) is 12.2. The number of aliphatic imine (C=N–C) groups is 2. The number of para-hydroxylation sites is 2. The first kappa shape index (κ1) is 31.3. The maximum absolute atomic E-state index is 9.36. The summed E-state index contributed by atoms with van der Waals surface area (Å²) in [6.45, 7) is 0. The molecule has 8 rings (SSSR count). The van der Waals surface area contributed by atoms with Gasteiger partial charge < -0.3 is 9.73 Å². The lowest BCUT2D eigenvalue weighted by Crippen LogP contribution is -1.98. The number of nitrogens with one attached hydrogen (secondary N) is 1. The number of nitrogens with zero attached hydrogens (tertiary/aromatic N) is 3. The number of hydrogen-bond acceptors (Lipinski definition) is 5. The number of fused-ring (bicyclic) bond motifs is 3. The van der Waals surface area contributed by atoms with Crippen LogP contribution in [0, 0.1) is 11.3 Å². The largest absolute Gasteiger partial charge is 0.455 e. The fraction of sp³-hybridized carbons (Fsp3) is 0.0217. The molecule has 8 aromatic rings. The Morgan fingerprint density at radius 1 is 0.569 bits per heavy atom. The van der Waals surface area contributed by atoms with E-state index in [-0.39, 0.29) is 0 Å². The Balaban J connectivity index is 1.14. The molecule has 0 spiro atoms. The first-order chi connectivity index (χ1) is 25.2. The van der Waals surface area contributed by atoms with Crippen molar-refractivity contribution < 1.29 is 4.42 Å². The Bertz CT molecular complexity index is 2560. The molecule has 1 heterocycles. The number of anilines is 2. The van der Waals surface area contributed by atoms with E-state index >= 15 is 0 Å². The number of rotatable bonds is 9. The fourth-order valence-corrected chi connectivity index (χ4v) is 6.30. The van der Waals surface area contributed by atoms with E-state index in [1.807, 2.05) is 79.0 Å². The van der Waals surface area contributed by atoms with Gasteiger partial charge in [-0.2, -0.15) is 5.26 Å². The van der Waals surface area contributed by atoms with Crippen LogP contribution in [0.3, 0.4) is 0 Å². The maximum atomic E-state index is 9.36. The van der Waals surface area contributed by atoms with Gasteiger partial charge in [0.05, 0.1) is 11.6 Å². The fourth-order valence-electron chi connectivity index (χ4n) is 6.30. The molecular weight excluding hydrogens is 625 g/mol. The highest BCUT2D eigenvalue weighted by atomic mass is 16.3. The van der Waals surface area contributed by atoms with E-state index in [9.17, 15) is 5.26 Å². The van der Waals surface area contributed by atoms with Crippen LogP contribution >= 0.6 is 0 Å². The first-order valence-corrected chi connectivity index (χ1v) is 16.8. The lowest BCUT2D eigenvalue weighted by atomic mass is 9.97. The molecule has 5 nitrogen and oxygen atoms in total. The highest BCUT2D eigenvalue weighted by molar-refractivity contribution is 6.09. The van der Waals surface area contributed by atoms with Crippen molar-refractivity contribution in [2.75, 3.05) is 5.32 Å². The van der Waals surface area contributed by atoms with Gasteiger partial charge in [-0.3, -0.25) is 9.98 Å². The number of furan rings is 1. The number of nitriles is 1. The van der Waals surface area contributed by atoms with Crippen LogP contribution in [0.1, 0.15) is 28.4 Å². The van der Waals surface area contributed by atoms with Crippen LogP contribution in [0.25, 0.3) is 44.2 Å². The monoisotopic (exact) mass is 656 g/mol. The van der Waals surface area contributed by atoms with E-state index < -0.39 is 6.17 Å². The highest BCUT2D eigenvalue weighted by Gasteiger charge is 2.15. The third kappa shape index (κ3) is 6.80. The van der Waals surface area contributed by atoms with Crippen LogP contribution in [0.2, 0.25) is 0 Å². The molecule has 1 aromatic heterocycles. The molecular formula is C46H32N4O. The minimum Gasteiger partial charge on any atom is -0.455 e. The Morgan fingerprint density at radius 3 is 2.06 bits per heavy atom. The van der Waals surface area contributed by atoms with E-state index in [1.165, 1.54) is 0 Å². The van der Waals surface area contributed by atoms with Crippen molar-refractivity contribution in [2.24, 2.45) is 9.98 Å². The van der Waals surface area contributed by atoms with E-state index in [1.54, 1.807) is 12.3 Å². The van der Waals surface area contributed by atoms with Crippen molar-refractivity contribution >= 4 is 45.7 Å². The predicted octanol–water partition coefficient (Wildman–Crippen LogP) is 11.8. The molecule has 0 saturated carbocycles. The molecule has 0 fully saturated rings. The molecule has 0 bridgehead atoms. The van der Waals surface area contributed by atoms with Gasteiger partial charge in [0.25, 0.3) is 0 Å². The SMILES string of the molecule is N#Cc1cccc(/C=N/C(/N=C/c2ccccc2)c2ccc(Nc3cc(-c4cccc5c4oc4ccccc45)ccc3-c3ccccc3)cc2)c1. The highest BCUT2D eigenvalue weighted by Crippen LogP contribution is 2.39. The predicted molar refractivity (Wildman–Crippen MR) is 210 cm³/mol. The topological polar surface area (TPSA) is 73.7 Å². The summed E-state index contributed by atoms with van der Waals surface area (Å²) in [5.74, 6) is 0. The van der Waals surface area contributed by atoms with Gasteiger partial charge in [-0.25, -0.2) is 0 Å². The normalized spacial score (nSPS) is 12.1. The molecule has 0 radical (unpaired) electrons. The van der Waals surface area contributed by atoms with E-state index in [4.69, 9.17) is 14.4 Å². The minimum atomic E-state index is -0.475. The third-order valence-electron chi connectivity index (χ3n) is 8.85. The molecule has 0 aliphatic carbocycles. The molecule has 0 saturated heterocycles. The third-order valence-corrected chi connectivity index (χ3v) is 8.85. The zero-order valence-corrected chi connectivity index (χ0v) is 27.6. The standard InChI is InChI=1S/C46H32N4O/c47-29-33-13-9-14-34(27-33)31-49-46(48-30-32-11-3-1-4-12-32)36-21-24-38(25-22-36)50-43-28-37(23-26-39(43)35-15-5-2-6-16-35)40-18-10-19-42-41-17-7-8-20-44(41)51-45(40)42/h1-28,30-31,46,50H/b48-30+,49-31+. The number of hydrogen-bond donors (Lipinski definition) is 1. The van der Waals surface area contributed by atoms with Crippen molar-refractivity contribution in [1.82, 2.24) is 0 Å². The van der Waals surface area contributed by atoms with Crippen LogP contribution in [0.4, 0.5) is 11.4 Å². The summed E-state index contributed by atoms with van der Waals surface area (Å²) in [6.07, 6.45) is 3.15. The van der Waals surface area contributed by atoms with Gasteiger partial charge in [0.15, 0.2) is 6.17 Å². The van der Waals surface area contributed by atoms with Crippen LogP contribution in [-0.2, 0) is 0 Å². The zero-order valence-electron chi connectivity index (χ0n) is 27.6. The van der Waals surface area contributed by atoms with E-state index in [0.29, 0.717) is 5.56 Å². The molecule has 242 valence electrons. The Morgan fingerprint density at radius 2 is 1.25 bits per heavy atom. The van der Waals surface area contributed by atoms with Crippen molar-refractivity contribution in [2.45, 2.75) is 6.17 Å². The molecule has 5 heteroatoms. The Kier molecular flexibility index (Phi) is 8.71. The van der Waals surface area contributed by atoms with Crippen molar-refractivity contribution in [1.29, 1.82) is 5.26 Å². The summed E-state index contributed by atoms with van der Waals surface area (Å²) in [6, 6.07) is 59.3. The molecule has 1 unspecified atom stereocenters. The Labute approximate surface area is 296 Å². The van der Waals surface area contributed by atoms with Crippen molar-refractivity contribution in [3.63, 3.8) is 0 Å². The molecule has 0 aliphatic rings. The quantitative estimate of drug-likeness (QED) is 0.157. The van der Waals surface area contributed by atoms with E-state index in [2.05, 4.69) is 102 Å². The second kappa shape index (κ2) is 14.2. The summed E-state index contributed by atoms with van der Waals surface area (Å²) < 4.78 is 6.40. The average molecular weight is 657 g/mol. The van der Waals surface area contributed by atoms with E-state index in [0.717, 1.165) is 72.3 Å². The zero-order chi connectivity index (χ0) is 34.4. The van der Waals surface area contributed by atoms with Crippen LogP contribution in [0.5, 0.6) is 0 Å². The number of benzene rings is 7. The molecule has 0 amide bonds. The van der Waals surface area contributed by atoms with Gasteiger partial charge in [-0.1, -0.05) is 133 Å². The van der Waals surface area contributed by atoms with Gasteiger partial charge in [0.2, 0.25) is 0 Å². The Hall–Kier alpha value is -7.03. The van der Waals surface area contributed by atoms with Gasteiger partial charge in [0.1, 0.15) is 11.2 Å². The first-order valence-electron chi connectivity index (χ1n) is 16.8. The summed E-state index contributed by atoms with van der Waals surface area (Å²) >= 11 is 0. The summed E-state index contributed by atoms with van der Waals surface area (Å²) in [5, 5.41) is 15.3. The lowest BCUT2D eigenvalue weighted by Gasteiger charge is -2.16. The minimum absolute atomic E-state index is 0.475. The van der Waals surface area contributed by atoms with Gasteiger partial charge in [0, 0.05) is 45.7 Å². The summed E-state index contributed by atoms with van der Waals surface area (Å²) in [5.41, 5.74) is 11.4. The van der Waals surface area contributed by atoms with Gasteiger partial charge in [-0.05, 0) is 64.2 Å². The molecule has 51 heavy (non-hydrogen) atoms. The molecule has 0 aliphatic heterocycles. The van der Waals surface area contributed by atoms with Gasteiger partial charge in [-0.15, -0.1) is 0 Å². The summed E-state index contributed by atoms with van der Waals surface area (Å²) in [7, 11) is 0. The summed E-state index contributed by atoms with van der Waals surface area (Å²) in [4.78, 5) is 9.70. The van der Waals surface area contributed by atoms with Crippen molar-refractivity contribution in [3.8, 4) is 28.3 Å². The molecule has 1 atom stereocenters. The molecule has 7 aromatic carbocycles. The van der Waals surface area contributed by atoms with Crippen LogP contribution in [-0.4, -0.2) is 12.4 Å². The van der Waals surface area contributed by atoms with Crippen molar-refractivity contribution in [3.05, 3.63) is 192 Å².